The molecule has 0 unspecified atom stereocenters. The molecule has 3 rings (SSSR count). The van der Waals surface area contributed by atoms with Gasteiger partial charge in [-0.25, -0.2) is 4.68 Å². The first kappa shape index (κ1) is 11.3. The molecule has 0 radical (unpaired) electrons. The van der Waals surface area contributed by atoms with Crippen molar-refractivity contribution in [1.29, 1.82) is 0 Å². The lowest BCUT2D eigenvalue weighted by molar-refractivity contribution is 0.240. The molecule has 5 nitrogen and oxygen atoms in total. The van der Waals surface area contributed by atoms with E-state index >= 15 is 0 Å². The zero-order chi connectivity index (χ0) is 12.2. The second-order valence-electron chi connectivity index (χ2n) is 3.93. The van der Waals surface area contributed by atoms with Crippen molar-refractivity contribution in [3.05, 3.63) is 42.5 Å². The van der Waals surface area contributed by atoms with Crippen LogP contribution in [0.1, 0.15) is 5.56 Å². The zero-order valence-corrected chi connectivity index (χ0v) is 10.5. The summed E-state index contributed by atoms with van der Waals surface area (Å²) in [5, 5.41) is 11.5. The largest absolute Gasteiger partial charge is 0.489 e. The van der Waals surface area contributed by atoms with Gasteiger partial charge in [-0.15, -0.1) is 10.2 Å². The maximum absolute atomic E-state index is 5.77. The van der Waals surface area contributed by atoms with Gasteiger partial charge in [0.1, 0.15) is 24.5 Å². The Labute approximate surface area is 109 Å². The van der Waals surface area contributed by atoms with Crippen LogP contribution >= 0.6 is 11.8 Å². The Hall–Kier alpha value is -1.82. The van der Waals surface area contributed by atoms with Gasteiger partial charge < -0.3 is 4.74 Å². The second kappa shape index (κ2) is 5.22. The molecule has 2 aromatic rings. The van der Waals surface area contributed by atoms with Crippen molar-refractivity contribution >= 4 is 18.0 Å². The van der Waals surface area contributed by atoms with Crippen LogP contribution in [-0.2, 0) is 0 Å². The highest BCUT2D eigenvalue weighted by Crippen LogP contribution is 2.23. The third kappa shape index (κ3) is 2.70. The number of nitrogens with zero attached hydrogens (tertiary/aromatic N) is 4. The van der Waals surface area contributed by atoms with Crippen molar-refractivity contribution in [1.82, 2.24) is 14.9 Å². The molecule has 0 N–H and O–H groups in total. The lowest BCUT2D eigenvalue weighted by Crippen LogP contribution is -2.30. The van der Waals surface area contributed by atoms with Crippen LogP contribution in [0.25, 0.3) is 0 Å². The van der Waals surface area contributed by atoms with Crippen LogP contribution in [0.2, 0.25) is 0 Å². The highest BCUT2D eigenvalue weighted by atomic mass is 32.2. The zero-order valence-electron chi connectivity index (χ0n) is 9.64. The minimum absolute atomic E-state index is 0.381. The number of rotatable bonds is 4. The predicted molar refractivity (Wildman–Crippen MR) is 71.2 cm³/mol. The van der Waals surface area contributed by atoms with Gasteiger partial charge >= 0.3 is 0 Å². The summed E-state index contributed by atoms with van der Waals surface area (Å²) in [5.74, 6) is 3.11. The number of thioether (sulfide) groups is 1. The van der Waals surface area contributed by atoms with E-state index in [9.17, 15) is 0 Å². The Balaban J connectivity index is 1.63. The molecule has 1 aliphatic rings. The Morgan fingerprint density at radius 3 is 2.56 bits per heavy atom. The molecule has 0 amide bonds. The van der Waals surface area contributed by atoms with Crippen LogP contribution in [0.5, 0.6) is 5.75 Å². The monoisotopic (exact) mass is 260 g/mol. The first-order chi connectivity index (χ1) is 8.90. The number of hydrogen-bond acceptors (Lipinski definition) is 5. The first-order valence-corrected chi connectivity index (χ1v) is 6.79. The molecule has 0 saturated carbocycles. The molecule has 0 bridgehead atoms. The Morgan fingerprint density at radius 1 is 1.22 bits per heavy atom. The van der Waals surface area contributed by atoms with Crippen molar-refractivity contribution in [2.24, 2.45) is 5.10 Å². The first-order valence-electron chi connectivity index (χ1n) is 5.63. The van der Waals surface area contributed by atoms with E-state index in [4.69, 9.17) is 4.74 Å². The molecule has 1 saturated heterocycles. The summed E-state index contributed by atoms with van der Waals surface area (Å²) in [4.78, 5) is 0. The van der Waals surface area contributed by atoms with E-state index in [1.165, 1.54) is 0 Å². The lowest BCUT2D eigenvalue weighted by Gasteiger charge is -2.25. The summed E-state index contributed by atoms with van der Waals surface area (Å²) in [7, 11) is 0. The van der Waals surface area contributed by atoms with Gasteiger partial charge in [0.15, 0.2) is 0 Å². The van der Waals surface area contributed by atoms with Gasteiger partial charge in [0.2, 0.25) is 0 Å². The van der Waals surface area contributed by atoms with Crippen molar-refractivity contribution in [2.75, 3.05) is 11.5 Å². The minimum Gasteiger partial charge on any atom is -0.489 e. The van der Waals surface area contributed by atoms with Crippen LogP contribution in [-0.4, -0.2) is 38.7 Å². The molecule has 2 heterocycles. The number of aromatic nitrogens is 3. The average Bonchev–Trinajstić information content (AvgIpc) is 2.86. The summed E-state index contributed by atoms with van der Waals surface area (Å²) < 4.78 is 7.32. The van der Waals surface area contributed by atoms with Crippen molar-refractivity contribution in [3.63, 3.8) is 0 Å². The summed E-state index contributed by atoms with van der Waals surface area (Å²) in [6, 6.07) is 7.90. The molecule has 0 aliphatic carbocycles. The highest BCUT2D eigenvalue weighted by Gasteiger charge is 2.19. The van der Waals surface area contributed by atoms with Crippen molar-refractivity contribution in [2.45, 2.75) is 6.10 Å². The van der Waals surface area contributed by atoms with E-state index in [2.05, 4.69) is 15.3 Å². The standard InChI is InChI=1S/C12H12N4OS/c1-3-11(17-12-6-18-7-12)4-2-10(1)5-15-16-8-13-14-9-16/h1-5,8-9,12H,6-7H2/b15-5+. The van der Waals surface area contributed by atoms with Crippen molar-refractivity contribution in [3.8, 4) is 5.75 Å². The number of benzene rings is 1. The summed E-state index contributed by atoms with van der Waals surface area (Å²) in [6.07, 6.45) is 5.23. The normalized spacial score (nSPS) is 15.8. The smallest absolute Gasteiger partial charge is 0.141 e. The number of hydrogen-bond donors (Lipinski definition) is 0. The van der Waals surface area contributed by atoms with E-state index in [0.717, 1.165) is 22.8 Å². The fourth-order valence-electron chi connectivity index (χ4n) is 1.50. The fraction of sp³-hybridized carbons (Fsp3) is 0.250. The van der Waals surface area contributed by atoms with Crippen molar-refractivity contribution < 1.29 is 4.74 Å². The molecular weight excluding hydrogens is 248 g/mol. The predicted octanol–water partition coefficient (Wildman–Crippen LogP) is 1.65. The van der Waals surface area contributed by atoms with Gasteiger partial charge in [0.05, 0.1) is 6.21 Å². The van der Waals surface area contributed by atoms with Gasteiger partial charge in [-0.2, -0.15) is 16.9 Å². The van der Waals surface area contributed by atoms with Crippen LogP contribution in [0.4, 0.5) is 0 Å². The van der Waals surface area contributed by atoms with Crippen LogP contribution < -0.4 is 4.74 Å². The van der Waals surface area contributed by atoms with Crippen LogP contribution in [0, 0.1) is 0 Å². The molecule has 6 heteroatoms. The van der Waals surface area contributed by atoms with Gasteiger partial charge in [-0.3, -0.25) is 0 Å². The third-order valence-electron chi connectivity index (χ3n) is 2.54. The molecule has 0 spiro atoms. The summed E-state index contributed by atoms with van der Waals surface area (Å²) in [5.41, 5.74) is 1.01. The maximum Gasteiger partial charge on any atom is 0.141 e. The Kier molecular flexibility index (Phi) is 3.27. The number of ether oxygens (including phenoxy) is 1. The molecule has 18 heavy (non-hydrogen) atoms. The molecule has 1 fully saturated rings. The maximum atomic E-state index is 5.77. The van der Waals surface area contributed by atoms with Gasteiger partial charge in [-0.05, 0) is 29.8 Å². The van der Waals surface area contributed by atoms with E-state index in [1.54, 1.807) is 23.5 Å². The SMILES string of the molecule is C(=N\n1cnnc1)/c1ccc(OC2CSC2)cc1. The molecule has 1 aliphatic heterocycles. The van der Waals surface area contributed by atoms with E-state index in [-0.39, 0.29) is 0 Å². The van der Waals surface area contributed by atoms with E-state index < -0.39 is 0 Å². The van der Waals surface area contributed by atoms with E-state index in [0.29, 0.717) is 6.10 Å². The average molecular weight is 260 g/mol. The molecule has 1 aromatic carbocycles. The Bertz CT molecular complexity index is 520. The van der Waals surface area contributed by atoms with Crippen LogP contribution in [0.3, 0.4) is 0 Å². The minimum atomic E-state index is 0.381. The van der Waals surface area contributed by atoms with Gasteiger partial charge in [0.25, 0.3) is 0 Å². The summed E-state index contributed by atoms with van der Waals surface area (Å²) in [6.45, 7) is 0. The van der Waals surface area contributed by atoms with Gasteiger partial charge in [0, 0.05) is 11.5 Å². The second-order valence-corrected chi connectivity index (χ2v) is 5.01. The third-order valence-corrected chi connectivity index (χ3v) is 3.75. The molecule has 1 aromatic heterocycles. The molecular formula is C12H12N4OS. The topological polar surface area (TPSA) is 52.3 Å². The van der Waals surface area contributed by atoms with E-state index in [1.807, 2.05) is 36.0 Å². The molecule has 0 atom stereocenters. The Morgan fingerprint density at radius 2 is 1.94 bits per heavy atom. The molecule has 92 valence electrons. The van der Waals surface area contributed by atoms with Gasteiger partial charge in [-0.1, -0.05) is 0 Å². The highest BCUT2D eigenvalue weighted by molar-refractivity contribution is 8.00. The quantitative estimate of drug-likeness (QED) is 0.784. The van der Waals surface area contributed by atoms with Crippen LogP contribution in [0.15, 0.2) is 42.0 Å². The fourth-order valence-corrected chi connectivity index (χ4v) is 2.06. The summed E-state index contributed by atoms with van der Waals surface area (Å²) >= 11 is 1.91. The lowest BCUT2D eigenvalue weighted by atomic mass is 10.2.